The van der Waals surface area contributed by atoms with Gasteiger partial charge in [0.25, 0.3) is 0 Å². The Bertz CT molecular complexity index is 303. The van der Waals surface area contributed by atoms with E-state index in [1.165, 1.54) is 12.1 Å². The first-order valence-electron chi connectivity index (χ1n) is 4.47. The molecule has 0 aromatic heterocycles. The Morgan fingerprint density at radius 3 is 2.50 bits per heavy atom. The van der Waals surface area contributed by atoms with Crippen LogP contribution in [0.15, 0.2) is 24.3 Å². The zero-order valence-corrected chi connectivity index (χ0v) is 8.36. The van der Waals surface area contributed by atoms with Crippen LogP contribution < -0.4 is 0 Å². The van der Waals surface area contributed by atoms with E-state index in [4.69, 9.17) is 9.84 Å². The smallest absolute Gasteiger partial charge is 0.167 e. The van der Waals surface area contributed by atoms with Gasteiger partial charge >= 0.3 is 0 Å². The van der Waals surface area contributed by atoms with Gasteiger partial charge in [-0.15, -0.1) is 0 Å². The minimum absolute atomic E-state index is 0.0341. The molecule has 0 heterocycles. The van der Waals surface area contributed by atoms with E-state index < -0.39 is 0 Å². The molecule has 1 atom stereocenters. The van der Waals surface area contributed by atoms with Crippen LogP contribution in [0.2, 0.25) is 0 Å². The number of hydrogen-bond donors (Lipinski definition) is 1. The summed E-state index contributed by atoms with van der Waals surface area (Å²) in [5.74, 6) is 0.0531. The SMILES string of the molecule is COCC(C)C(=O)c1ccc(O)cc1. The number of rotatable bonds is 4. The molecule has 76 valence electrons. The van der Waals surface area contributed by atoms with Gasteiger partial charge in [0.2, 0.25) is 0 Å². The fraction of sp³-hybridized carbons (Fsp3) is 0.364. The van der Waals surface area contributed by atoms with Crippen molar-refractivity contribution in [3.8, 4) is 5.75 Å². The van der Waals surface area contributed by atoms with Crippen LogP contribution in [0.4, 0.5) is 0 Å². The first-order chi connectivity index (χ1) is 6.65. The lowest BCUT2D eigenvalue weighted by Gasteiger charge is -2.08. The molecule has 0 saturated carbocycles. The van der Waals surface area contributed by atoms with E-state index in [1.807, 2.05) is 6.92 Å². The lowest BCUT2D eigenvalue weighted by atomic mass is 10.0. The average molecular weight is 194 g/mol. The lowest BCUT2D eigenvalue weighted by Crippen LogP contribution is -2.16. The second-order valence-corrected chi connectivity index (χ2v) is 3.27. The van der Waals surface area contributed by atoms with Crippen LogP contribution in [0.3, 0.4) is 0 Å². The summed E-state index contributed by atoms with van der Waals surface area (Å²) in [6.45, 7) is 2.23. The monoisotopic (exact) mass is 194 g/mol. The largest absolute Gasteiger partial charge is 0.508 e. The third kappa shape index (κ3) is 2.57. The molecule has 3 heteroatoms. The first-order valence-corrected chi connectivity index (χ1v) is 4.47. The van der Waals surface area contributed by atoms with E-state index in [0.29, 0.717) is 12.2 Å². The minimum Gasteiger partial charge on any atom is -0.508 e. The van der Waals surface area contributed by atoms with Crippen molar-refractivity contribution in [2.24, 2.45) is 5.92 Å². The fourth-order valence-electron chi connectivity index (χ4n) is 1.24. The van der Waals surface area contributed by atoms with E-state index in [2.05, 4.69) is 0 Å². The van der Waals surface area contributed by atoms with E-state index in [0.717, 1.165) is 0 Å². The summed E-state index contributed by atoms with van der Waals surface area (Å²) in [7, 11) is 1.57. The number of hydrogen-bond acceptors (Lipinski definition) is 3. The van der Waals surface area contributed by atoms with Gasteiger partial charge in [-0.2, -0.15) is 0 Å². The van der Waals surface area contributed by atoms with Gasteiger partial charge in [0, 0.05) is 18.6 Å². The average Bonchev–Trinajstić information content (AvgIpc) is 2.18. The number of benzene rings is 1. The molecule has 0 saturated heterocycles. The Morgan fingerprint density at radius 2 is 2.00 bits per heavy atom. The van der Waals surface area contributed by atoms with E-state index in [9.17, 15) is 4.79 Å². The number of Topliss-reactive ketones (excluding diaryl/α,β-unsaturated/α-hetero) is 1. The molecule has 0 aliphatic carbocycles. The highest BCUT2D eigenvalue weighted by Crippen LogP contribution is 2.13. The van der Waals surface area contributed by atoms with Crippen LogP contribution >= 0.6 is 0 Å². The Hall–Kier alpha value is -1.35. The Balaban J connectivity index is 2.74. The molecule has 1 unspecified atom stereocenters. The highest BCUT2D eigenvalue weighted by molar-refractivity contribution is 5.97. The predicted molar refractivity (Wildman–Crippen MR) is 53.5 cm³/mol. The summed E-state index contributed by atoms with van der Waals surface area (Å²) in [6, 6.07) is 6.24. The van der Waals surface area contributed by atoms with Crippen molar-refractivity contribution in [3.63, 3.8) is 0 Å². The second-order valence-electron chi connectivity index (χ2n) is 3.27. The molecule has 0 spiro atoms. The van der Waals surface area contributed by atoms with Crippen molar-refractivity contribution in [1.29, 1.82) is 0 Å². The summed E-state index contributed by atoms with van der Waals surface area (Å²) >= 11 is 0. The van der Waals surface area contributed by atoms with Crippen molar-refractivity contribution in [2.75, 3.05) is 13.7 Å². The maximum absolute atomic E-state index is 11.7. The number of phenols is 1. The highest BCUT2D eigenvalue weighted by atomic mass is 16.5. The number of carbonyl (C=O) groups is 1. The maximum Gasteiger partial charge on any atom is 0.167 e. The summed E-state index contributed by atoms with van der Waals surface area (Å²) in [5, 5.41) is 9.04. The van der Waals surface area contributed by atoms with Crippen LogP contribution in [0.5, 0.6) is 5.75 Å². The van der Waals surface area contributed by atoms with Gasteiger partial charge < -0.3 is 9.84 Å². The van der Waals surface area contributed by atoms with Crippen LogP contribution in [0.1, 0.15) is 17.3 Å². The number of carbonyl (C=O) groups excluding carboxylic acids is 1. The van der Waals surface area contributed by atoms with Gasteiger partial charge in [0.1, 0.15) is 5.75 Å². The van der Waals surface area contributed by atoms with E-state index >= 15 is 0 Å². The molecule has 0 fully saturated rings. The summed E-state index contributed by atoms with van der Waals surface area (Å²) < 4.78 is 4.90. The van der Waals surface area contributed by atoms with Gasteiger partial charge in [0.15, 0.2) is 5.78 Å². The predicted octanol–water partition coefficient (Wildman–Crippen LogP) is 1.86. The number of aromatic hydroxyl groups is 1. The summed E-state index contributed by atoms with van der Waals surface area (Å²) in [5.41, 5.74) is 0.604. The molecule has 0 aliphatic heterocycles. The molecular formula is C11H14O3. The van der Waals surface area contributed by atoms with Crippen LogP contribution in [-0.4, -0.2) is 24.6 Å². The number of ether oxygens (including phenoxy) is 1. The molecule has 0 bridgehead atoms. The van der Waals surface area contributed by atoms with Gasteiger partial charge in [-0.05, 0) is 24.3 Å². The molecule has 3 nitrogen and oxygen atoms in total. The third-order valence-electron chi connectivity index (χ3n) is 2.02. The van der Waals surface area contributed by atoms with Crippen LogP contribution in [-0.2, 0) is 4.74 Å². The Labute approximate surface area is 83.3 Å². The topological polar surface area (TPSA) is 46.5 Å². The van der Waals surface area contributed by atoms with E-state index in [-0.39, 0.29) is 17.5 Å². The van der Waals surface area contributed by atoms with Gasteiger partial charge in [-0.3, -0.25) is 4.79 Å². The molecular weight excluding hydrogens is 180 g/mol. The van der Waals surface area contributed by atoms with Crippen LogP contribution in [0.25, 0.3) is 0 Å². The lowest BCUT2D eigenvalue weighted by molar-refractivity contribution is 0.0830. The number of ketones is 1. The van der Waals surface area contributed by atoms with Crippen molar-refractivity contribution in [2.45, 2.75) is 6.92 Å². The molecule has 1 N–H and O–H groups in total. The third-order valence-corrected chi connectivity index (χ3v) is 2.02. The molecule has 1 aromatic rings. The summed E-state index contributed by atoms with van der Waals surface area (Å²) in [4.78, 5) is 11.7. The van der Waals surface area contributed by atoms with E-state index in [1.54, 1.807) is 19.2 Å². The first kappa shape index (κ1) is 10.7. The van der Waals surface area contributed by atoms with Crippen LogP contribution in [0, 0.1) is 5.92 Å². The molecule has 0 aliphatic rings. The minimum atomic E-state index is -0.149. The Kier molecular flexibility index (Phi) is 3.65. The molecule has 0 radical (unpaired) electrons. The summed E-state index contributed by atoms with van der Waals surface area (Å²) in [6.07, 6.45) is 0. The van der Waals surface area contributed by atoms with Crippen molar-refractivity contribution in [3.05, 3.63) is 29.8 Å². The quantitative estimate of drug-likeness (QED) is 0.744. The Morgan fingerprint density at radius 1 is 1.43 bits per heavy atom. The zero-order chi connectivity index (χ0) is 10.6. The number of methoxy groups -OCH3 is 1. The van der Waals surface area contributed by atoms with Crippen molar-refractivity contribution >= 4 is 5.78 Å². The molecule has 0 amide bonds. The maximum atomic E-state index is 11.7. The zero-order valence-electron chi connectivity index (χ0n) is 8.36. The fourth-order valence-corrected chi connectivity index (χ4v) is 1.24. The molecule has 14 heavy (non-hydrogen) atoms. The van der Waals surface area contributed by atoms with Gasteiger partial charge in [-0.25, -0.2) is 0 Å². The molecule has 1 aromatic carbocycles. The van der Waals surface area contributed by atoms with Gasteiger partial charge in [0.05, 0.1) is 6.61 Å². The van der Waals surface area contributed by atoms with Crippen molar-refractivity contribution < 1.29 is 14.6 Å². The molecule has 1 rings (SSSR count). The normalized spacial score (nSPS) is 12.4. The van der Waals surface area contributed by atoms with Gasteiger partial charge in [-0.1, -0.05) is 6.92 Å². The van der Waals surface area contributed by atoms with Crippen molar-refractivity contribution in [1.82, 2.24) is 0 Å². The standard InChI is InChI=1S/C11H14O3/c1-8(7-14-2)11(13)9-3-5-10(12)6-4-9/h3-6,8,12H,7H2,1-2H3. The number of phenolic OH excluding ortho intramolecular Hbond substituents is 1. The second kappa shape index (κ2) is 4.77. The highest BCUT2D eigenvalue weighted by Gasteiger charge is 2.14.